The van der Waals surface area contributed by atoms with Crippen molar-refractivity contribution >= 4 is 39.1 Å². The molecule has 238 valence electrons. The van der Waals surface area contributed by atoms with Crippen molar-refractivity contribution in [1.82, 2.24) is 0 Å². The molecule has 0 saturated heterocycles. The number of allylic oxidation sites excluding steroid dienone is 5. The highest BCUT2D eigenvalue weighted by molar-refractivity contribution is 6.71. The van der Waals surface area contributed by atoms with Gasteiger partial charge >= 0.3 is 0 Å². The molecule has 2 fully saturated rings. The molecule has 0 amide bonds. The third kappa shape index (κ3) is 6.82. The van der Waals surface area contributed by atoms with Crippen molar-refractivity contribution in [3.63, 3.8) is 0 Å². The third-order valence-corrected chi connectivity index (χ3v) is 13.7. The molecule has 7 atom stereocenters. The summed E-state index contributed by atoms with van der Waals surface area (Å²) in [7, 11) is -7.57. The van der Waals surface area contributed by atoms with Gasteiger partial charge in [0.05, 0.1) is 6.61 Å². The molecule has 5 nitrogen and oxygen atoms in total. The normalized spacial score (nSPS) is 36.9. The number of carbonyl (C=O) groups excluding carboxylic acids is 1. The van der Waals surface area contributed by atoms with E-state index in [2.05, 4.69) is 117 Å². The van der Waals surface area contributed by atoms with E-state index in [0.29, 0.717) is 17.8 Å². The zero-order valence-electron chi connectivity index (χ0n) is 29.2. The minimum Gasteiger partial charge on any atom is -0.544 e. The highest BCUT2D eigenvalue weighted by Gasteiger charge is 2.69. The Labute approximate surface area is 261 Å². The van der Waals surface area contributed by atoms with E-state index in [-0.39, 0.29) is 29.3 Å². The van der Waals surface area contributed by atoms with Gasteiger partial charge in [-0.1, -0.05) is 26.0 Å². The van der Waals surface area contributed by atoms with Gasteiger partial charge in [-0.2, -0.15) is 0 Å². The summed E-state index contributed by atoms with van der Waals surface area (Å²) in [5.41, 5.74) is 0.117. The molecule has 0 bridgehead atoms. The number of Topliss-reactive ketones (excluding diaryl/α,β-unsaturated/α-hetero) is 1. The molecular formula is C33H60O5Si4. The summed E-state index contributed by atoms with van der Waals surface area (Å²) >= 11 is 0. The molecule has 0 aliphatic heterocycles. The quantitative estimate of drug-likeness (QED) is 0.222. The SMILES string of the molecule is C[C@]12C=CC(O[Si](C)(C)C)=CC1=CCC1C2C(O[Si](C)(C)C)C[C@@]2(C)C1CC[C@]2(O[Si](C)(C)C)C(=O)CO[Si](C)(C)C. The average Bonchev–Trinajstić information content (AvgIpc) is 3.06. The van der Waals surface area contributed by atoms with Crippen molar-refractivity contribution in [2.75, 3.05) is 6.61 Å². The van der Waals surface area contributed by atoms with Crippen LogP contribution in [0.15, 0.2) is 35.6 Å². The second kappa shape index (κ2) is 11.1. The first-order valence-corrected chi connectivity index (χ1v) is 29.9. The number of fused-ring (bicyclic) bond motifs is 5. The third-order valence-electron chi connectivity index (χ3n) is 9.86. The van der Waals surface area contributed by atoms with Crippen molar-refractivity contribution in [2.45, 2.75) is 130 Å². The topological polar surface area (TPSA) is 54.0 Å². The molecule has 42 heavy (non-hydrogen) atoms. The lowest BCUT2D eigenvalue weighted by atomic mass is 9.47. The Hall–Kier alpha value is -0.562. The predicted molar refractivity (Wildman–Crippen MR) is 185 cm³/mol. The molecule has 0 aromatic carbocycles. The van der Waals surface area contributed by atoms with E-state index in [4.69, 9.17) is 17.7 Å². The Morgan fingerprint density at radius 1 is 0.905 bits per heavy atom. The highest BCUT2D eigenvalue weighted by atomic mass is 28.4. The molecule has 4 rings (SSSR count). The zero-order valence-corrected chi connectivity index (χ0v) is 33.2. The molecule has 4 unspecified atom stereocenters. The van der Waals surface area contributed by atoms with Gasteiger partial charge in [-0.3, -0.25) is 4.79 Å². The van der Waals surface area contributed by atoms with Crippen LogP contribution in [0.5, 0.6) is 0 Å². The van der Waals surface area contributed by atoms with E-state index in [1.807, 2.05) is 0 Å². The first-order chi connectivity index (χ1) is 18.9. The van der Waals surface area contributed by atoms with Crippen molar-refractivity contribution in [1.29, 1.82) is 0 Å². The molecule has 2 saturated carbocycles. The second-order valence-corrected chi connectivity index (χ2v) is 35.7. The molecule has 9 heteroatoms. The summed E-state index contributed by atoms with van der Waals surface area (Å²) in [6.07, 6.45) is 13.1. The number of ketones is 1. The van der Waals surface area contributed by atoms with Gasteiger partial charge in [0.25, 0.3) is 0 Å². The maximum Gasteiger partial charge on any atom is 0.242 e. The van der Waals surface area contributed by atoms with Crippen LogP contribution in [-0.4, -0.2) is 57.4 Å². The molecule has 0 N–H and O–H groups in total. The van der Waals surface area contributed by atoms with Crippen molar-refractivity contribution in [3.8, 4) is 0 Å². The molecule has 4 aliphatic rings. The molecule has 0 radical (unpaired) electrons. The minimum atomic E-state index is -2.08. The number of hydrogen-bond acceptors (Lipinski definition) is 5. The van der Waals surface area contributed by atoms with Crippen LogP contribution in [-0.2, 0) is 22.5 Å². The van der Waals surface area contributed by atoms with Gasteiger partial charge < -0.3 is 17.7 Å². The van der Waals surface area contributed by atoms with E-state index < -0.39 is 38.9 Å². The highest BCUT2D eigenvalue weighted by Crippen LogP contribution is 2.68. The van der Waals surface area contributed by atoms with Crippen LogP contribution >= 0.6 is 0 Å². The van der Waals surface area contributed by atoms with Gasteiger partial charge in [-0.05, 0) is 134 Å². The molecular weight excluding hydrogens is 589 g/mol. The van der Waals surface area contributed by atoms with E-state index in [0.717, 1.165) is 31.4 Å². The largest absolute Gasteiger partial charge is 0.544 e. The van der Waals surface area contributed by atoms with Gasteiger partial charge in [0, 0.05) is 22.9 Å². The fraction of sp³-hybridized carbons (Fsp3) is 0.788. The van der Waals surface area contributed by atoms with Gasteiger partial charge in [0.2, 0.25) is 8.32 Å². The Morgan fingerprint density at radius 2 is 1.55 bits per heavy atom. The van der Waals surface area contributed by atoms with E-state index in [1.165, 1.54) is 5.57 Å². The van der Waals surface area contributed by atoms with Crippen molar-refractivity contribution < 1.29 is 22.5 Å². The lowest BCUT2D eigenvalue weighted by Gasteiger charge is -2.61. The second-order valence-electron chi connectivity index (χ2n) is 17.9. The molecule has 0 spiro atoms. The zero-order chi connectivity index (χ0) is 31.7. The maximum absolute atomic E-state index is 14.5. The summed E-state index contributed by atoms with van der Waals surface area (Å²) < 4.78 is 27.1. The van der Waals surface area contributed by atoms with Crippen LogP contribution < -0.4 is 0 Å². The summed E-state index contributed by atoms with van der Waals surface area (Å²) in [4.78, 5) is 14.5. The lowest BCUT2D eigenvalue weighted by Crippen LogP contribution is -2.65. The van der Waals surface area contributed by atoms with Gasteiger partial charge in [-0.25, -0.2) is 0 Å². The van der Waals surface area contributed by atoms with Crippen LogP contribution in [0.3, 0.4) is 0 Å². The van der Waals surface area contributed by atoms with Crippen LogP contribution in [0.25, 0.3) is 0 Å². The fourth-order valence-corrected chi connectivity index (χ4v) is 12.7. The summed E-state index contributed by atoms with van der Waals surface area (Å²) in [6.45, 7) is 31.8. The summed E-state index contributed by atoms with van der Waals surface area (Å²) in [6, 6.07) is 0. The molecule has 0 aromatic heterocycles. The van der Waals surface area contributed by atoms with Crippen LogP contribution in [0.4, 0.5) is 0 Å². The maximum atomic E-state index is 14.5. The van der Waals surface area contributed by atoms with Gasteiger partial charge in [0.1, 0.15) is 11.4 Å². The standard InChI is InChI=1S/C33H60O5Si4/c1-31-19-17-25(36-40(6,7)8)21-24(31)15-16-26-27-18-20-33(38-42(12,13)14,29(34)23-35-39(3,4)5)32(27,2)22-28(30(26)31)37-41(9,10)11/h15,17,19,21,26-28,30H,16,18,20,22-23H2,1-14H3/t26?,27?,28?,30?,31-,32-,33-/m0/s1. The van der Waals surface area contributed by atoms with Crippen LogP contribution in [0, 0.1) is 28.6 Å². The smallest absolute Gasteiger partial charge is 0.242 e. The Bertz CT molecular complexity index is 1150. The Balaban J connectivity index is 1.80. The van der Waals surface area contributed by atoms with E-state index >= 15 is 0 Å². The molecule has 0 aromatic rings. The summed E-state index contributed by atoms with van der Waals surface area (Å²) in [5.74, 6) is 2.32. The Kier molecular flexibility index (Phi) is 9.03. The first kappa shape index (κ1) is 34.3. The van der Waals surface area contributed by atoms with Crippen LogP contribution in [0.1, 0.15) is 39.5 Å². The molecule has 0 heterocycles. The first-order valence-electron chi connectivity index (χ1n) is 16.3. The van der Waals surface area contributed by atoms with Gasteiger partial charge in [-0.15, -0.1) is 0 Å². The fourth-order valence-electron chi connectivity index (χ4n) is 8.62. The van der Waals surface area contributed by atoms with Gasteiger partial charge in [0.15, 0.2) is 30.7 Å². The summed E-state index contributed by atoms with van der Waals surface area (Å²) in [5, 5.41) is 0. The lowest BCUT2D eigenvalue weighted by molar-refractivity contribution is -0.169. The molecule has 4 aliphatic carbocycles. The van der Waals surface area contributed by atoms with Crippen molar-refractivity contribution in [3.05, 3.63) is 35.6 Å². The number of hydrogen-bond donors (Lipinski definition) is 0. The van der Waals surface area contributed by atoms with Crippen molar-refractivity contribution in [2.24, 2.45) is 28.6 Å². The Morgan fingerprint density at radius 3 is 2.10 bits per heavy atom. The monoisotopic (exact) mass is 648 g/mol. The van der Waals surface area contributed by atoms with E-state index in [9.17, 15) is 4.79 Å². The minimum absolute atomic E-state index is 0.0579. The average molecular weight is 649 g/mol. The van der Waals surface area contributed by atoms with Crippen LogP contribution in [0.2, 0.25) is 78.6 Å². The van der Waals surface area contributed by atoms with E-state index in [1.54, 1.807) is 0 Å². The predicted octanol–water partition coefficient (Wildman–Crippen LogP) is 8.91. The number of carbonyl (C=O) groups is 1. The number of rotatable bonds is 10.